The monoisotopic (exact) mass is 1300 g/mol. The minimum absolute atomic E-state index is 0. The Labute approximate surface area is 488 Å². The van der Waals surface area contributed by atoms with Crippen molar-refractivity contribution in [3.8, 4) is 0 Å². The van der Waals surface area contributed by atoms with Crippen molar-refractivity contribution in [3.63, 3.8) is 0 Å². The molecule has 20 heteroatoms. The number of rotatable bonds is 45. The van der Waals surface area contributed by atoms with Crippen LogP contribution in [0.1, 0.15) is 252 Å². The molecule has 0 aliphatic heterocycles. The van der Waals surface area contributed by atoms with Crippen molar-refractivity contribution >= 4 is 53.5 Å². The van der Waals surface area contributed by atoms with Crippen LogP contribution in [0.2, 0.25) is 0 Å². The molecule has 18 nitrogen and oxygen atoms in total. The largest absolute Gasteiger partial charge is 0.481 e. The van der Waals surface area contributed by atoms with E-state index >= 15 is 0 Å². The van der Waals surface area contributed by atoms with Gasteiger partial charge in [0.2, 0.25) is 17.7 Å². The molecule has 9 N–H and O–H groups in total. The summed E-state index contributed by atoms with van der Waals surface area (Å²) >= 11 is 0. The number of aliphatic carboxylic acids is 6. The van der Waals surface area contributed by atoms with E-state index in [0.717, 1.165) is 57.8 Å². The van der Waals surface area contributed by atoms with E-state index in [4.69, 9.17) is 30.6 Å². The number of amides is 3. The summed E-state index contributed by atoms with van der Waals surface area (Å²) in [7, 11) is 0. The third kappa shape index (κ3) is 60.3. The zero-order valence-corrected chi connectivity index (χ0v) is 47.8. The van der Waals surface area contributed by atoms with Crippen LogP contribution >= 0.6 is 0 Å². The van der Waals surface area contributed by atoms with Gasteiger partial charge in [-0.15, -0.1) is 0 Å². The van der Waals surface area contributed by atoms with E-state index in [-0.39, 0.29) is 136 Å². The van der Waals surface area contributed by atoms with E-state index in [0.29, 0.717) is 19.3 Å². The average molecular weight is 1300 g/mol. The minimum Gasteiger partial charge on any atom is -0.481 e. The molecule has 0 aromatic carbocycles. The van der Waals surface area contributed by atoms with Gasteiger partial charge in [0.1, 0.15) is 18.1 Å². The van der Waals surface area contributed by atoms with Gasteiger partial charge in [0.15, 0.2) is 0 Å². The number of nitrogens with one attached hydrogen (secondary N) is 3. The molecule has 0 saturated heterocycles. The first-order chi connectivity index (χ1) is 32.9. The maximum absolute atomic E-state index is 11.7. The van der Waals surface area contributed by atoms with Crippen molar-refractivity contribution in [1.82, 2.24) is 16.0 Å². The van der Waals surface area contributed by atoms with Gasteiger partial charge in [-0.3, -0.25) is 28.8 Å². The first-order valence-corrected chi connectivity index (χ1v) is 26.1. The van der Waals surface area contributed by atoms with Crippen LogP contribution in [0, 0.1) is 79.9 Å². The second-order valence-corrected chi connectivity index (χ2v) is 17.9. The predicted octanol–water partition coefficient (Wildman–Crippen LogP) is 10.0. The standard InChI is InChI=1S/3C17H31NO5.2Gd/c3*1-2-3-4-5-6-7-8-9-10-11-15(19)18-14(17(22)23)12-13-16(20)21;;/h3*14H,2-13H2,1H3,(H,18,19)(H,20,21)(H,22,23);;/t3*14-;;/m100../s1. The van der Waals surface area contributed by atoms with Crippen molar-refractivity contribution in [2.45, 2.75) is 270 Å². The molecule has 3 amide bonds. The molecule has 3 atom stereocenters. The Morgan fingerprint density at radius 2 is 0.451 bits per heavy atom. The summed E-state index contributed by atoms with van der Waals surface area (Å²) in [6.07, 6.45) is 30.9. The summed E-state index contributed by atoms with van der Waals surface area (Å²) < 4.78 is 0. The fourth-order valence-electron chi connectivity index (χ4n) is 7.16. The molecule has 0 fully saturated rings. The van der Waals surface area contributed by atoms with Gasteiger partial charge in [0.05, 0.1) is 0 Å². The summed E-state index contributed by atoms with van der Waals surface area (Å²) in [5, 5.41) is 59.8. The van der Waals surface area contributed by atoms with E-state index in [1.54, 1.807) is 0 Å². The molecule has 0 unspecified atom stereocenters. The van der Waals surface area contributed by atoms with Crippen molar-refractivity contribution in [2.24, 2.45) is 0 Å². The fraction of sp³-hybridized carbons (Fsp3) is 0.824. The molecule has 0 bridgehead atoms. The molecule has 0 aromatic rings. The summed E-state index contributed by atoms with van der Waals surface area (Å²) in [4.78, 5) is 99.3. The quantitative estimate of drug-likeness (QED) is 0.0256. The predicted molar refractivity (Wildman–Crippen MR) is 265 cm³/mol. The second kappa shape index (κ2) is 57.2. The SMILES string of the molecule is CCCCCCCCCCCC(=O)N[C@@H](CCC(=O)O)C(=O)O.CCCCCCCCCCCC(=O)N[C@@H](CCC(=O)O)C(=O)O.CCCCCCCCCCCC(=O)N[C@H](CCC(=O)O)C(=O)O.[Gd].[Gd]. The molecule has 71 heavy (non-hydrogen) atoms. The van der Waals surface area contributed by atoms with Crippen LogP contribution in [-0.2, 0) is 43.2 Å². The van der Waals surface area contributed by atoms with E-state index in [9.17, 15) is 43.2 Å². The van der Waals surface area contributed by atoms with Crippen LogP contribution in [0.5, 0.6) is 0 Å². The van der Waals surface area contributed by atoms with Gasteiger partial charge in [0.25, 0.3) is 0 Å². The molecule has 0 aliphatic rings. The molecular formula is C51H93Gd2N3O15. The summed E-state index contributed by atoms with van der Waals surface area (Å²) in [6, 6.07) is -3.34. The topological polar surface area (TPSA) is 311 Å². The van der Waals surface area contributed by atoms with Crippen LogP contribution in [0.25, 0.3) is 0 Å². The fourth-order valence-corrected chi connectivity index (χ4v) is 7.16. The van der Waals surface area contributed by atoms with Crippen molar-refractivity contribution in [1.29, 1.82) is 0 Å². The summed E-state index contributed by atoms with van der Waals surface area (Å²) in [6.45, 7) is 6.59. The van der Waals surface area contributed by atoms with E-state index < -0.39 is 53.9 Å². The number of unbranched alkanes of at least 4 members (excludes halogenated alkanes) is 24. The summed E-state index contributed by atoms with van der Waals surface area (Å²) in [5.74, 6) is -7.70. The Morgan fingerprint density at radius 3 is 0.606 bits per heavy atom. The Hall–Kier alpha value is -2.12. The smallest absolute Gasteiger partial charge is 0.326 e. The third-order valence-corrected chi connectivity index (χ3v) is 11.4. The first kappa shape index (κ1) is 77.8. The first-order valence-electron chi connectivity index (χ1n) is 26.1. The molecular weight excluding hydrogens is 1210 g/mol. The molecule has 0 spiro atoms. The van der Waals surface area contributed by atoms with Crippen molar-refractivity contribution < 1.29 is 154 Å². The van der Waals surface area contributed by atoms with Gasteiger partial charge in [-0.25, -0.2) is 14.4 Å². The van der Waals surface area contributed by atoms with Crippen molar-refractivity contribution in [3.05, 3.63) is 0 Å². The average Bonchev–Trinajstić information content (AvgIpc) is 3.28. The van der Waals surface area contributed by atoms with Crippen LogP contribution in [0.4, 0.5) is 0 Å². The number of carbonyl (C=O) groups is 9. The summed E-state index contributed by atoms with van der Waals surface area (Å²) in [5.41, 5.74) is 0. The molecule has 0 aromatic heterocycles. The molecule has 0 heterocycles. The number of hydrogen-bond acceptors (Lipinski definition) is 9. The van der Waals surface area contributed by atoms with Crippen LogP contribution in [0.15, 0.2) is 0 Å². The van der Waals surface area contributed by atoms with Crippen LogP contribution in [-0.4, -0.2) is 102 Å². The number of carboxylic acid groups (broad SMARTS) is 6. The van der Waals surface area contributed by atoms with Gasteiger partial charge in [0, 0.05) is 118 Å². The molecule has 0 radical (unpaired) electrons. The Bertz CT molecular complexity index is 1250. The van der Waals surface area contributed by atoms with Gasteiger partial charge in [-0.1, -0.05) is 175 Å². The normalized spacial score (nSPS) is 11.5. The Morgan fingerprint density at radius 1 is 0.282 bits per heavy atom. The Kier molecular flexibility index (Phi) is 62.6. The van der Waals surface area contributed by atoms with Crippen molar-refractivity contribution in [2.75, 3.05) is 0 Å². The van der Waals surface area contributed by atoms with E-state index in [1.807, 2.05) is 0 Å². The zero-order valence-electron chi connectivity index (χ0n) is 43.3. The molecule has 0 aliphatic carbocycles. The van der Waals surface area contributed by atoms with E-state index in [2.05, 4.69) is 36.7 Å². The molecule has 418 valence electrons. The van der Waals surface area contributed by atoms with Gasteiger partial charge >= 0.3 is 35.8 Å². The van der Waals surface area contributed by atoms with Gasteiger partial charge in [-0.05, 0) is 38.5 Å². The van der Waals surface area contributed by atoms with E-state index in [1.165, 1.54) is 116 Å². The number of carboxylic acids is 6. The maximum atomic E-state index is 11.7. The maximum Gasteiger partial charge on any atom is 0.326 e. The number of hydrogen-bond donors (Lipinski definition) is 9. The van der Waals surface area contributed by atoms with Crippen LogP contribution < -0.4 is 16.0 Å². The minimum atomic E-state index is -1.19. The molecule has 0 rings (SSSR count). The number of carbonyl (C=O) groups excluding carboxylic acids is 3. The molecule has 0 saturated carbocycles. The zero-order chi connectivity index (χ0) is 52.5. The second-order valence-electron chi connectivity index (χ2n) is 17.9. The van der Waals surface area contributed by atoms with Gasteiger partial charge in [-0.2, -0.15) is 0 Å². The third-order valence-electron chi connectivity index (χ3n) is 11.4. The van der Waals surface area contributed by atoms with Crippen LogP contribution in [0.3, 0.4) is 0 Å². The Balaban J connectivity index is -0.000000302. The van der Waals surface area contributed by atoms with Gasteiger partial charge < -0.3 is 46.6 Å².